The van der Waals surface area contributed by atoms with Gasteiger partial charge in [-0.3, -0.25) is 4.68 Å². The topological polar surface area (TPSA) is 29.9 Å². The Balaban J connectivity index is 1.90. The average molecular weight is 249 g/mol. The van der Waals surface area contributed by atoms with Gasteiger partial charge in [0.25, 0.3) is 0 Å². The molecule has 2 rings (SSSR count). The van der Waals surface area contributed by atoms with E-state index in [0.717, 1.165) is 13.0 Å². The van der Waals surface area contributed by atoms with Crippen molar-refractivity contribution in [2.75, 3.05) is 0 Å². The highest BCUT2D eigenvalue weighted by molar-refractivity contribution is 7.12. The van der Waals surface area contributed by atoms with Crippen molar-refractivity contribution in [3.63, 3.8) is 0 Å². The number of thiophene rings is 1. The molecule has 2 aromatic rings. The smallest absolute Gasteiger partial charge is 0.0534 e. The Morgan fingerprint density at radius 2 is 2.29 bits per heavy atom. The van der Waals surface area contributed by atoms with E-state index in [2.05, 4.69) is 36.4 Å². The fourth-order valence-corrected chi connectivity index (χ4v) is 2.73. The molecule has 1 N–H and O–H groups in total. The number of nitrogens with one attached hydrogen (secondary N) is 1. The SMILES string of the molecule is CCc1ccc(C(C)NCc2cnn(C)c2)s1. The summed E-state index contributed by atoms with van der Waals surface area (Å²) in [6.07, 6.45) is 5.08. The zero-order valence-corrected chi connectivity index (χ0v) is 11.4. The molecule has 0 saturated carbocycles. The third kappa shape index (κ3) is 3.17. The maximum Gasteiger partial charge on any atom is 0.0534 e. The standard InChI is InChI=1S/C13H19N3S/c1-4-12-5-6-13(17-12)10(2)14-7-11-8-15-16(3)9-11/h5-6,8-10,14H,4,7H2,1-3H3. The first-order valence-corrected chi connectivity index (χ1v) is 6.80. The molecule has 1 atom stereocenters. The van der Waals surface area contributed by atoms with Gasteiger partial charge in [0.2, 0.25) is 0 Å². The van der Waals surface area contributed by atoms with Gasteiger partial charge < -0.3 is 5.32 Å². The number of aromatic nitrogens is 2. The summed E-state index contributed by atoms with van der Waals surface area (Å²) in [6, 6.07) is 4.85. The molecule has 0 radical (unpaired) electrons. The van der Waals surface area contributed by atoms with Crippen LogP contribution in [-0.4, -0.2) is 9.78 Å². The second-order valence-corrected chi connectivity index (χ2v) is 5.48. The van der Waals surface area contributed by atoms with Crippen LogP contribution in [0, 0.1) is 0 Å². The van der Waals surface area contributed by atoms with Gasteiger partial charge in [0.05, 0.1) is 6.20 Å². The van der Waals surface area contributed by atoms with Crippen LogP contribution in [0.5, 0.6) is 0 Å². The number of nitrogens with zero attached hydrogens (tertiary/aromatic N) is 2. The van der Waals surface area contributed by atoms with Gasteiger partial charge in [0.1, 0.15) is 0 Å². The molecule has 0 amide bonds. The van der Waals surface area contributed by atoms with Gasteiger partial charge in [-0.1, -0.05) is 6.92 Å². The van der Waals surface area contributed by atoms with Gasteiger partial charge >= 0.3 is 0 Å². The molecule has 0 bridgehead atoms. The number of aryl methyl sites for hydroxylation is 2. The van der Waals surface area contributed by atoms with E-state index in [1.165, 1.54) is 15.3 Å². The Labute approximate surface area is 106 Å². The van der Waals surface area contributed by atoms with E-state index < -0.39 is 0 Å². The normalized spacial score (nSPS) is 12.9. The summed E-state index contributed by atoms with van der Waals surface area (Å²) >= 11 is 1.90. The van der Waals surface area contributed by atoms with Gasteiger partial charge in [-0.2, -0.15) is 5.10 Å². The first-order chi connectivity index (χ1) is 8.19. The molecule has 0 fully saturated rings. The molecular weight excluding hydrogens is 230 g/mol. The van der Waals surface area contributed by atoms with Crippen molar-refractivity contribution in [1.29, 1.82) is 0 Å². The Kier molecular flexibility index (Phi) is 3.97. The van der Waals surface area contributed by atoms with Crippen LogP contribution in [0.2, 0.25) is 0 Å². The van der Waals surface area contributed by atoms with E-state index >= 15 is 0 Å². The number of hydrogen-bond donors (Lipinski definition) is 1. The predicted molar refractivity (Wildman–Crippen MR) is 72.2 cm³/mol. The highest BCUT2D eigenvalue weighted by Gasteiger charge is 2.08. The maximum atomic E-state index is 4.16. The minimum absolute atomic E-state index is 0.403. The summed E-state index contributed by atoms with van der Waals surface area (Å²) in [4.78, 5) is 2.86. The first-order valence-electron chi connectivity index (χ1n) is 5.98. The number of hydrogen-bond acceptors (Lipinski definition) is 3. The minimum atomic E-state index is 0.403. The molecule has 0 saturated heterocycles. The summed E-state index contributed by atoms with van der Waals surface area (Å²) in [5.74, 6) is 0. The van der Waals surface area contributed by atoms with E-state index in [0.29, 0.717) is 6.04 Å². The maximum absolute atomic E-state index is 4.16. The second-order valence-electron chi connectivity index (χ2n) is 4.28. The molecule has 0 aliphatic carbocycles. The average Bonchev–Trinajstić information content (AvgIpc) is 2.94. The van der Waals surface area contributed by atoms with Crippen LogP contribution in [-0.2, 0) is 20.0 Å². The monoisotopic (exact) mass is 249 g/mol. The van der Waals surface area contributed by atoms with Gasteiger partial charge in [-0.25, -0.2) is 0 Å². The van der Waals surface area contributed by atoms with Crippen LogP contribution in [0.1, 0.15) is 35.2 Å². The lowest BCUT2D eigenvalue weighted by Gasteiger charge is -2.10. The molecule has 0 aromatic carbocycles. The van der Waals surface area contributed by atoms with Gasteiger partial charge in [0.15, 0.2) is 0 Å². The van der Waals surface area contributed by atoms with E-state index in [1.807, 2.05) is 35.5 Å². The fourth-order valence-electron chi connectivity index (χ4n) is 1.75. The Hall–Kier alpha value is -1.13. The molecule has 17 heavy (non-hydrogen) atoms. The van der Waals surface area contributed by atoms with Crippen LogP contribution in [0.25, 0.3) is 0 Å². The molecule has 0 aliphatic rings. The Bertz CT molecular complexity index is 472. The van der Waals surface area contributed by atoms with Crippen molar-refractivity contribution < 1.29 is 0 Å². The zero-order chi connectivity index (χ0) is 12.3. The quantitative estimate of drug-likeness (QED) is 0.883. The summed E-state index contributed by atoms with van der Waals surface area (Å²) in [7, 11) is 1.94. The van der Waals surface area contributed by atoms with Crippen molar-refractivity contribution in [2.24, 2.45) is 7.05 Å². The van der Waals surface area contributed by atoms with Crippen LogP contribution in [0.3, 0.4) is 0 Å². The van der Waals surface area contributed by atoms with Gasteiger partial charge in [-0.05, 0) is 25.5 Å². The van der Waals surface area contributed by atoms with Crippen molar-refractivity contribution in [3.8, 4) is 0 Å². The van der Waals surface area contributed by atoms with E-state index in [9.17, 15) is 0 Å². The molecule has 3 nitrogen and oxygen atoms in total. The number of rotatable bonds is 5. The third-order valence-corrected chi connectivity index (χ3v) is 4.24. The Morgan fingerprint density at radius 1 is 1.47 bits per heavy atom. The van der Waals surface area contributed by atoms with Crippen molar-refractivity contribution in [3.05, 3.63) is 39.8 Å². The Morgan fingerprint density at radius 3 is 2.88 bits per heavy atom. The fraction of sp³-hybridized carbons (Fsp3) is 0.462. The summed E-state index contributed by atoms with van der Waals surface area (Å²) in [5, 5.41) is 7.69. The molecule has 0 spiro atoms. The minimum Gasteiger partial charge on any atom is -0.305 e. The molecule has 2 aromatic heterocycles. The van der Waals surface area contributed by atoms with Gasteiger partial charge in [0, 0.05) is 41.1 Å². The van der Waals surface area contributed by atoms with E-state index in [-0.39, 0.29) is 0 Å². The van der Waals surface area contributed by atoms with Crippen molar-refractivity contribution >= 4 is 11.3 Å². The lowest BCUT2D eigenvalue weighted by Crippen LogP contribution is -2.16. The van der Waals surface area contributed by atoms with Crippen LogP contribution >= 0.6 is 11.3 Å². The second kappa shape index (κ2) is 5.47. The summed E-state index contributed by atoms with van der Waals surface area (Å²) in [6.45, 7) is 5.28. The predicted octanol–water partition coefficient (Wildman–Crippen LogP) is 2.89. The highest BCUT2D eigenvalue weighted by Crippen LogP contribution is 2.23. The van der Waals surface area contributed by atoms with Crippen LogP contribution in [0.4, 0.5) is 0 Å². The summed E-state index contributed by atoms with van der Waals surface area (Å²) in [5.41, 5.74) is 1.23. The van der Waals surface area contributed by atoms with Crippen molar-refractivity contribution in [2.45, 2.75) is 32.9 Å². The van der Waals surface area contributed by atoms with Crippen molar-refractivity contribution in [1.82, 2.24) is 15.1 Å². The van der Waals surface area contributed by atoms with Crippen LogP contribution < -0.4 is 5.32 Å². The lowest BCUT2D eigenvalue weighted by atomic mass is 10.2. The lowest BCUT2D eigenvalue weighted by molar-refractivity contribution is 0.582. The molecular formula is C13H19N3S. The van der Waals surface area contributed by atoms with E-state index in [4.69, 9.17) is 0 Å². The molecule has 92 valence electrons. The van der Waals surface area contributed by atoms with Crippen LogP contribution in [0.15, 0.2) is 24.5 Å². The molecule has 4 heteroatoms. The molecule has 1 unspecified atom stereocenters. The largest absolute Gasteiger partial charge is 0.305 e. The van der Waals surface area contributed by atoms with Gasteiger partial charge in [-0.15, -0.1) is 11.3 Å². The first kappa shape index (κ1) is 12.3. The third-order valence-electron chi connectivity index (χ3n) is 2.83. The highest BCUT2D eigenvalue weighted by atomic mass is 32.1. The molecule has 2 heterocycles. The molecule has 0 aliphatic heterocycles. The summed E-state index contributed by atoms with van der Waals surface area (Å²) < 4.78 is 1.84. The van der Waals surface area contributed by atoms with E-state index in [1.54, 1.807) is 0 Å². The zero-order valence-electron chi connectivity index (χ0n) is 10.6.